The van der Waals surface area contributed by atoms with Gasteiger partial charge in [-0.3, -0.25) is 9.59 Å². The molecule has 1 saturated carbocycles. The van der Waals surface area contributed by atoms with Gasteiger partial charge in [0.25, 0.3) is 0 Å². The summed E-state index contributed by atoms with van der Waals surface area (Å²) in [6.07, 6.45) is 8.12. The van der Waals surface area contributed by atoms with Crippen molar-refractivity contribution >= 4 is 11.9 Å². The molecule has 0 aliphatic heterocycles. The zero-order valence-electron chi connectivity index (χ0n) is 11.4. The first-order valence-electron chi connectivity index (χ1n) is 7.17. The highest BCUT2D eigenvalue weighted by Gasteiger charge is 2.15. The van der Waals surface area contributed by atoms with Crippen molar-refractivity contribution in [3.63, 3.8) is 0 Å². The van der Waals surface area contributed by atoms with E-state index in [9.17, 15) is 9.59 Å². The summed E-state index contributed by atoms with van der Waals surface area (Å²) >= 11 is 0. The van der Waals surface area contributed by atoms with Gasteiger partial charge in [0.2, 0.25) is 5.91 Å². The van der Waals surface area contributed by atoms with Crippen LogP contribution in [0, 0.1) is 0 Å². The van der Waals surface area contributed by atoms with Crippen LogP contribution in [0.1, 0.15) is 64.7 Å². The average molecular weight is 255 g/mol. The van der Waals surface area contributed by atoms with Crippen LogP contribution in [0.25, 0.3) is 0 Å². The quantitative estimate of drug-likeness (QED) is 0.711. The molecule has 1 N–H and O–H groups in total. The molecule has 4 nitrogen and oxygen atoms in total. The zero-order valence-corrected chi connectivity index (χ0v) is 11.4. The molecule has 18 heavy (non-hydrogen) atoms. The maximum absolute atomic E-state index is 11.6. The first kappa shape index (κ1) is 15.0. The highest BCUT2D eigenvalue weighted by atomic mass is 16.5. The molecule has 1 aliphatic rings. The van der Waals surface area contributed by atoms with Crippen molar-refractivity contribution < 1.29 is 14.3 Å². The zero-order chi connectivity index (χ0) is 13.2. The third-order valence-corrected chi connectivity index (χ3v) is 3.22. The third kappa shape index (κ3) is 6.62. The number of hydrogen-bond donors (Lipinski definition) is 1. The average Bonchev–Trinajstić information content (AvgIpc) is 2.37. The SMILES string of the molecule is CCCOC(=O)CCCC(=O)NC1CCCCC1. The maximum Gasteiger partial charge on any atom is 0.305 e. The molecule has 1 amide bonds. The number of carbonyl (C=O) groups excluding carboxylic acids is 2. The maximum atomic E-state index is 11.6. The first-order chi connectivity index (χ1) is 8.72. The molecular weight excluding hydrogens is 230 g/mol. The van der Waals surface area contributed by atoms with Crippen molar-refractivity contribution in [1.29, 1.82) is 0 Å². The normalized spacial score (nSPS) is 16.3. The minimum absolute atomic E-state index is 0.0743. The number of esters is 1. The van der Waals surface area contributed by atoms with Gasteiger partial charge in [0, 0.05) is 18.9 Å². The van der Waals surface area contributed by atoms with Crippen LogP contribution in [-0.2, 0) is 14.3 Å². The van der Waals surface area contributed by atoms with E-state index in [1.54, 1.807) is 0 Å². The van der Waals surface area contributed by atoms with E-state index < -0.39 is 0 Å². The van der Waals surface area contributed by atoms with Gasteiger partial charge in [-0.05, 0) is 25.7 Å². The van der Waals surface area contributed by atoms with Crippen LogP contribution in [0.2, 0.25) is 0 Å². The van der Waals surface area contributed by atoms with E-state index >= 15 is 0 Å². The Kier molecular flexibility index (Phi) is 7.46. The van der Waals surface area contributed by atoms with Gasteiger partial charge in [-0.15, -0.1) is 0 Å². The Morgan fingerprint density at radius 1 is 1.17 bits per heavy atom. The smallest absolute Gasteiger partial charge is 0.305 e. The summed E-state index contributed by atoms with van der Waals surface area (Å²) < 4.78 is 4.95. The molecule has 0 heterocycles. The number of amides is 1. The molecule has 1 rings (SSSR count). The molecule has 1 fully saturated rings. The summed E-state index contributed by atoms with van der Waals surface area (Å²) in [5.41, 5.74) is 0. The van der Waals surface area contributed by atoms with Crippen molar-refractivity contribution in [2.75, 3.05) is 6.61 Å². The van der Waals surface area contributed by atoms with Gasteiger partial charge in [-0.25, -0.2) is 0 Å². The van der Waals surface area contributed by atoms with Crippen molar-refractivity contribution in [3.8, 4) is 0 Å². The molecule has 0 bridgehead atoms. The van der Waals surface area contributed by atoms with Gasteiger partial charge >= 0.3 is 5.97 Å². The molecular formula is C14H25NO3. The number of nitrogens with one attached hydrogen (secondary N) is 1. The second kappa shape index (κ2) is 8.95. The lowest BCUT2D eigenvalue weighted by Crippen LogP contribution is -2.36. The lowest BCUT2D eigenvalue weighted by molar-refractivity contribution is -0.143. The molecule has 0 unspecified atom stereocenters. The van der Waals surface area contributed by atoms with Crippen LogP contribution in [0.3, 0.4) is 0 Å². The van der Waals surface area contributed by atoms with Gasteiger partial charge < -0.3 is 10.1 Å². The van der Waals surface area contributed by atoms with Crippen molar-refractivity contribution in [1.82, 2.24) is 5.32 Å². The molecule has 0 aromatic rings. The summed E-state index contributed by atoms with van der Waals surface area (Å²) in [6.45, 7) is 2.44. The summed E-state index contributed by atoms with van der Waals surface area (Å²) in [5, 5.41) is 3.04. The Bertz CT molecular complexity index is 260. The summed E-state index contributed by atoms with van der Waals surface area (Å²) in [5.74, 6) is -0.118. The van der Waals surface area contributed by atoms with Crippen LogP contribution >= 0.6 is 0 Å². The lowest BCUT2D eigenvalue weighted by Gasteiger charge is -2.22. The minimum atomic E-state index is -0.192. The standard InChI is InChI=1S/C14H25NO3/c1-2-11-18-14(17)10-6-9-13(16)15-12-7-4-3-5-8-12/h12H,2-11H2,1H3,(H,15,16). The van der Waals surface area contributed by atoms with Crippen LogP contribution < -0.4 is 5.32 Å². The first-order valence-corrected chi connectivity index (χ1v) is 7.17. The topological polar surface area (TPSA) is 55.4 Å². The fourth-order valence-corrected chi connectivity index (χ4v) is 2.23. The molecule has 0 atom stereocenters. The Balaban J connectivity index is 2.04. The van der Waals surface area contributed by atoms with Crippen LogP contribution in [0.15, 0.2) is 0 Å². The van der Waals surface area contributed by atoms with Gasteiger partial charge in [0.1, 0.15) is 0 Å². The van der Waals surface area contributed by atoms with Crippen LogP contribution in [0.5, 0.6) is 0 Å². The molecule has 0 saturated heterocycles. The van der Waals surface area contributed by atoms with Crippen molar-refractivity contribution in [2.24, 2.45) is 0 Å². The highest BCUT2D eigenvalue weighted by molar-refractivity contribution is 5.77. The third-order valence-electron chi connectivity index (χ3n) is 3.22. The fourth-order valence-electron chi connectivity index (χ4n) is 2.23. The molecule has 0 aromatic heterocycles. The van der Waals surface area contributed by atoms with Gasteiger partial charge in [0.15, 0.2) is 0 Å². The summed E-state index contributed by atoms with van der Waals surface area (Å²) in [6, 6.07) is 0.360. The molecule has 4 heteroatoms. The number of rotatable bonds is 7. The molecule has 104 valence electrons. The van der Waals surface area contributed by atoms with E-state index in [4.69, 9.17) is 4.74 Å². The fraction of sp³-hybridized carbons (Fsp3) is 0.857. The Morgan fingerprint density at radius 2 is 1.89 bits per heavy atom. The van der Waals surface area contributed by atoms with E-state index in [1.165, 1.54) is 19.3 Å². The second-order valence-corrected chi connectivity index (χ2v) is 4.98. The van der Waals surface area contributed by atoms with Crippen molar-refractivity contribution in [2.45, 2.75) is 70.8 Å². The van der Waals surface area contributed by atoms with E-state index in [-0.39, 0.29) is 11.9 Å². The molecule has 0 radical (unpaired) electrons. The molecule has 1 aliphatic carbocycles. The Morgan fingerprint density at radius 3 is 2.56 bits per heavy atom. The second-order valence-electron chi connectivity index (χ2n) is 4.98. The van der Waals surface area contributed by atoms with Gasteiger partial charge in [-0.2, -0.15) is 0 Å². The monoisotopic (exact) mass is 255 g/mol. The largest absolute Gasteiger partial charge is 0.466 e. The highest BCUT2D eigenvalue weighted by Crippen LogP contribution is 2.17. The van der Waals surface area contributed by atoms with Crippen LogP contribution in [-0.4, -0.2) is 24.5 Å². The minimum Gasteiger partial charge on any atom is -0.466 e. The molecule has 0 spiro atoms. The summed E-state index contributed by atoms with van der Waals surface area (Å²) in [7, 11) is 0. The Labute approximate surface area is 109 Å². The Hall–Kier alpha value is -1.06. The predicted molar refractivity (Wildman–Crippen MR) is 70.1 cm³/mol. The van der Waals surface area contributed by atoms with E-state index in [2.05, 4.69) is 5.32 Å². The lowest BCUT2D eigenvalue weighted by atomic mass is 9.95. The number of ether oxygens (including phenoxy) is 1. The van der Waals surface area contributed by atoms with E-state index in [1.807, 2.05) is 6.92 Å². The van der Waals surface area contributed by atoms with E-state index in [0.29, 0.717) is 31.9 Å². The predicted octanol–water partition coefficient (Wildman–Crippen LogP) is 2.56. The molecule has 0 aromatic carbocycles. The van der Waals surface area contributed by atoms with Gasteiger partial charge in [0.05, 0.1) is 6.61 Å². The summed E-state index contributed by atoms with van der Waals surface area (Å²) in [4.78, 5) is 22.9. The number of hydrogen-bond acceptors (Lipinski definition) is 3. The van der Waals surface area contributed by atoms with Crippen molar-refractivity contribution in [3.05, 3.63) is 0 Å². The number of carbonyl (C=O) groups is 2. The van der Waals surface area contributed by atoms with E-state index in [0.717, 1.165) is 19.3 Å². The van der Waals surface area contributed by atoms with Crippen LogP contribution in [0.4, 0.5) is 0 Å². The van der Waals surface area contributed by atoms with Gasteiger partial charge in [-0.1, -0.05) is 26.2 Å².